The lowest BCUT2D eigenvalue weighted by Gasteiger charge is -2.23. The van der Waals surface area contributed by atoms with Crippen molar-refractivity contribution in [3.63, 3.8) is 0 Å². The first-order chi connectivity index (χ1) is 9.03. The number of rotatable bonds is 5. The van der Waals surface area contributed by atoms with Gasteiger partial charge in [0.15, 0.2) is 11.5 Å². The molecule has 0 aliphatic carbocycles. The van der Waals surface area contributed by atoms with Crippen molar-refractivity contribution >= 4 is 11.5 Å². The number of ether oxygens (including phenoxy) is 2. The molecule has 0 saturated heterocycles. The molecule has 1 aromatic carbocycles. The Hall–Kier alpha value is -2.11. The lowest BCUT2D eigenvalue weighted by molar-refractivity contribution is 0.174. The van der Waals surface area contributed by atoms with E-state index in [1.54, 1.807) is 0 Å². The second-order valence-electron chi connectivity index (χ2n) is 5.11. The van der Waals surface area contributed by atoms with Crippen LogP contribution in [0.15, 0.2) is 23.4 Å². The number of nitrogens with zero attached hydrogens (tertiary/aromatic N) is 1. The number of anilines is 1. The largest absolute Gasteiger partial charge is 0.454 e. The summed E-state index contributed by atoms with van der Waals surface area (Å²) in [5.41, 5.74) is 6.25. The number of hydrogen-bond donors (Lipinski definition) is 3. The summed E-state index contributed by atoms with van der Waals surface area (Å²) in [5, 5.41) is 15.0. The minimum absolute atomic E-state index is 0.236. The lowest BCUT2D eigenvalue weighted by Crippen LogP contribution is -2.33. The number of fused-ring (bicyclic) bond motifs is 1. The van der Waals surface area contributed by atoms with Crippen molar-refractivity contribution in [1.29, 1.82) is 0 Å². The average Bonchev–Trinajstić information content (AvgIpc) is 2.84. The number of nitrogens with two attached hydrogens (primary N) is 1. The van der Waals surface area contributed by atoms with Crippen LogP contribution in [0.25, 0.3) is 0 Å². The van der Waals surface area contributed by atoms with Gasteiger partial charge in [0, 0.05) is 23.7 Å². The van der Waals surface area contributed by atoms with E-state index in [1.807, 2.05) is 32.0 Å². The molecule has 4 N–H and O–H groups in total. The number of benzene rings is 1. The van der Waals surface area contributed by atoms with Gasteiger partial charge in [0.05, 0.1) is 0 Å². The van der Waals surface area contributed by atoms with E-state index in [0.717, 1.165) is 23.6 Å². The van der Waals surface area contributed by atoms with Crippen LogP contribution < -0.4 is 20.5 Å². The molecule has 104 valence electrons. The summed E-state index contributed by atoms with van der Waals surface area (Å²) in [6.45, 7) is 4.85. The van der Waals surface area contributed by atoms with Crippen LogP contribution in [0.1, 0.15) is 20.3 Å². The quantitative estimate of drug-likeness (QED) is 0.328. The summed E-state index contributed by atoms with van der Waals surface area (Å²) in [6, 6.07) is 5.71. The molecule has 0 aromatic heterocycles. The molecule has 1 aromatic rings. The maximum atomic E-state index is 8.70. The summed E-state index contributed by atoms with van der Waals surface area (Å²) in [5.74, 6) is 1.75. The first-order valence-corrected chi connectivity index (χ1v) is 6.14. The molecular weight excluding hydrogens is 246 g/mol. The van der Waals surface area contributed by atoms with Crippen molar-refractivity contribution < 1.29 is 14.7 Å². The van der Waals surface area contributed by atoms with Crippen molar-refractivity contribution in [1.82, 2.24) is 0 Å². The van der Waals surface area contributed by atoms with Crippen LogP contribution in [0, 0.1) is 5.41 Å². The van der Waals surface area contributed by atoms with Crippen molar-refractivity contribution in [2.24, 2.45) is 16.3 Å². The molecule has 2 rings (SSSR count). The van der Waals surface area contributed by atoms with Gasteiger partial charge >= 0.3 is 0 Å². The maximum Gasteiger partial charge on any atom is 0.231 e. The molecule has 0 saturated carbocycles. The molecule has 1 aliphatic heterocycles. The van der Waals surface area contributed by atoms with Crippen molar-refractivity contribution in [2.45, 2.75) is 20.3 Å². The van der Waals surface area contributed by atoms with Gasteiger partial charge in [-0.15, -0.1) is 0 Å². The summed E-state index contributed by atoms with van der Waals surface area (Å²) in [7, 11) is 0. The Morgan fingerprint density at radius 3 is 2.89 bits per heavy atom. The molecule has 19 heavy (non-hydrogen) atoms. The van der Waals surface area contributed by atoms with E-state index in [-0.39, 0.29) is 18.0 Å². The molecule has 0 radical (unpaired) electrons. The first kappa shape index (κ1) is 13.3. The number of hydrogen-bond acceptors (Lipinski definition) is 5. The Bertz CT molecular complexity index is 486. The summed E-state index contributed by atoms with van der Waals surface area (Å²) < 4.78 is 10.6. The fourth-order valence-corrected chi connectivity index (χ4v) is 1.79. The number of nitrogens with one attached hydrogen (secondary N) is 1. The van der Waals surface area contributed by atoms with Gasteiger partial charge in [-0.3, -0.25) is 0 Å². The second kappa shape index (κ2) is 5.26. The van der Waals surface area contributed by atoms with Gasteiger partial charge in [0.25, 0.3) is 0 Å². The fraction of sp³-hybridized carbons (Fsp3) is 0.462. The Balaban J connectivity index is 1.90. The van der Waals surface area contributed by atoms with E-state index in [1.165, 1.54) is 0 Å². The summed E-state index contributed by atoms with van der Waals surface area (Å²) in [4.78, 5) is 0. The minimum atomic E-state index is -0.349. The molecule has 6 heteroatoms. The van der Waals surface area contributed by atoms with Gasteiger partial charge in [0.2, 0.25) is 6.79 Å². The standard InChI is InChI=1S/C13H19N3O3/c1-13(2,12(14)16-17)5-6-15-9-3-4-10-11(7-9)19-8-18-10/h3-4,7,15,17H,5-6,8H2,1-2H3,(H2,14,16). The monoisotopic (exact) mass is 265 g/mol. The van der Waals surface area contributed by atoms with E-state index >= 15 is 0 Å². The number of oxime groups is 1. The van der Waals surface area contributed by atoms with E-state index in [0.29, 0.717) is 6.54 Å². The van der Waals surface area contributed by atoms with Gasteiger partial charge < -0.3 is 25.7 Å². The zero-order valence-corrected chi connectivity index (χ0v) is 11.1. The Labute approximate surface area is 112 Å². The molecule has 0 amide bonds. The molecule has 6 nitrogen and oxygen atoms in total. The van der Waals surface area contributed by atoms with Gasteiger partial charge in [0.1, 0.15) is 5.84 Å². The predicted molar refractivity (Wildman–Crippen MR) is 72.9 cm³/mol. The minimum Gasteiger partial charge on any atom is -0.454 e. The van der Waals surface area contributed by atoms with Crippen LogP contribution in [0.4, 0.5) is 5.69 Å². The Morgan fingerprint density at radius 2 is 2.16 bits per heavy atom. The van der Waals surface area contributed by atoms with Gasteiger partial charge in [-0.25, -0.2) is 0 Å². The maximum absolute atomic E-state index is 8.70. The molecule has 1 heterocycles. The van der Waals surface area contributed by atoms with Gasteiger partial charge in [-0.2, -0.15) is 0 Å². The Kier molecular flexibility index (Phi) is 3.69. The Morgan fingerprint density at radius 1 is 1.42 bits per heavy atom. The van der Waals surface area contributed by atoms with Crippen molar-refractivity contribution in [2.75, 3.05) is 18.7 Å². The van der Waals surface area contributed by atoms with Crippen LogP contribution in [-0.2, 0) is 0 Å². The van der Waals surface area contributed by atoms with Gasteiger partial charge in [-0.05, 0) is 18.6 Å². The molecular formula is C13H19N3O3. The molecule has 1 aliphatic rings. The van der Waals surface area contributed by atoms with Crippen LogP contribution >= 0.6 is 0 Å². The van der Waals surface area contributed by atoms with E-state index in [9.17, 15) is 0 Å². The third-order valence-electron chi connectivity index (χ3n) is 3.25. The predicted octanol–water partition coefficient (Wildman–Crippen LogP) is 1.99. The third-order valence-corrected chi connectivity index (χ3v) is 3.25. The summed E-state index contributed by atoms with van der Waals surface area (Å²) >= 11 is 0. The molecule has 0 spiro atoms. The van der Waals surface area contributed by atoms with Crippen LogP contribution in [0.2, 0.25) is 0 Å². The van der Waals surface area contributed by atoms with Crippen LogP contribution in [0.3, 0.4) is 0 Å². The molecule has 0 bridgehead atoms. The highest BCUT2D eigenvalue weighted by molar-refractivity contribution is 5.85. The molecule has 0 atom stereocenters. The highest BCUT2D eigenvalue weighted by Crippen LogP contribution is 2.34. The van der Waals surface area contributed by atoms with Crippen molar-refractivity contribution in [3.05, 3.63) is 18.2 Å². The van der Waals surface area contributed by atoms with E-state index < -0.39 is 0 Å². The van der Waals surface area contributed by atoms with Gasteiger partial charge in [-0.1, -0.05) is 19.0 Å². The van der Waals surface area contributed by atoms with Crippen LogP contribution in [0.5, 0.6) is 11.5 Å². The zero-order chi connectivity index (χ0) is 13.9. The molecule has 0 fully saturated rings. The van der Waals surface area contributed by atoms with E-state index in [2.05, 4.69) is 10.5 Å². The van der Waals surface area contributed by atoms with Crippen LogP contribution in [-0.4, -0.2) is 24.4 Å². The highest BCUT2D eigenvalue weighted by Gasteiger charge is 2.23. The molecule has 0 unspecified atom stereocenters. The third kappa shape index (κ3) is 3.01. The summed E-state index contributed by atoms with van der Waals surface area (Å²) in [6.07, 6.45) is 0.747. The number of amidine groups is 1. The first-order valence-electron chi connectivity index (χ1n) is 6.14. The van der Waals surface area contributed by atoms with E-state index in [4.69, 9.17) is 20.4 Å². The average molecular weight is 265 g/mol. The highest BCUT2D eigenvalue weighted by atomic mass is 16.7. The topological polar surface area (TPSA) is 89.1 Å². The SMILES string of the molecule is CC(C)(CCNc1ccc2c(c1)OCO2)C(N)=NO. The normalized spacial score (nSPS) is 14.5. The zero-order valence-electron chi connectivity index (χ0n) is 11.1. The second-order valence-corrected chi connectivity index (χ2v) is 5.11. The lowest BCUT2D eigenvalue weighted by atomic mass is 9.88. The smallest absolute Gasteiger partial charge is 0.231 e. The fourth-order valence-electron chi connectivity index (χ4n) is 1.79. The van der Waals surface area contributed by atoms with Crippen molar-refractivity contribution in [3.8, 4) is 11.5 Å².